The van der Waals surface area contributed by atoms with Crippen molar-refractivity contribution in [2.45, 2.75) is 25.3 Å². The molecule has 2 heterocycles. The average Bonchev–Trinajstić information content (AvgIpc) is 2.97. The first kappa shape index (κ1) is 11.7. The van der Waals surface area contributed by atoms with Crippen LogP contribution in [-0.2, 0) is 0 Å². The maximum Gasteiger partial charge on any atom is 0.231 e. The second-order valence-electron chi connectivity index (χ2n) is 4.60. The molecule has 2 unspecified atom stereocenters. The highest BCUT2D eigenvalue weighted by molar-refractivity contribution is 6.30. The molecule has 2 aromatic rings. The summed E-state index contributed by atoms with van der Waals surface area (Å²) in [7, 11) is 0. The van der Waals surface area contributed by atoms with Crippen molar-refractivity contribution in [2.75, 3.05) is 6.54 Å². The minimum absolute atomic E-state index is 0.311. The number of aromatic nitrogens is 2. The van der Waals surface area contributed by atoms with E-state index in [1.54, 1.807) is 0 Å². The van der Waals surface area contributed by atoms with Gasteiger partial charge in [0, 0.05) is 16.6 Å². The summed E-state index contributed by atoms with van der Waals surface area (Å²) in [6.07, 6.45) is 1.04. The Kier molecular flexibility index (Phi) is 3.06. The third kappa shape index (κ3) is 2.13. The van der Waals surface area contributed by atoms with Crippen molar-refractivity contribution in [3.63, 3.8) is 0 Å². The number of hydrogen-bond acceptors (Lipinski definition) is 4. The van der Waals surface area contributed by atoms with Crippen molar-refractivity contribution < 1.29 is 4.52 Å². The van der Waals surface area contributed by atoms with Gasteiger partial charge in [0.1, 0.15) is 0 Å². The minimum atomic E-state index is 0.311. The van der Waals surface area contributed by atoms with Crippen LogP contribution in [0.1, 0.15) is 25.2 Å². The van der Waals surface area contributed by atoms with Crippen LogP contribution in [0.25, 0.3) is 11.4 Å². The highest BCUT2D eigenvalue weighted by atomic mass is 35.5. The number of nitrogens with zero attached hydrogens (tertiary/aromatic N) is 2. The lowest BCUT2D eigenvalue weighted by atomic mass is 10.0. The molecule has 1 aliphatic rings. The molecule has 0 aliphatic carbocycles. The van der Waals surface area contributed by atoms with Crippen LogP contribution in [0.3, 0.4) is 0 Å². The number of hydrogen-bond donors (Lipinski definition) is 1. The summed E-state index contributed by atoms with van der Waals surface area (Å²) in [4.78, 5) is 4.48. The summed E-state index contributed by atoms with van der Waals surface area (Å²) in [6.45, 7) is 3.14. The maximum absolute atomic E-state index is 5.96. The third-order valence-corrected chi connectivity index (χ3v) is 3.60. The summed E-state index contributed by atoms with van der Waals surface area (Å²) in [5.41, 5.74) is 0.885. The van der Waals surface area contributed by atoms with E-state index in [9.17, 15) is 0 Å². The zero-order chi connectivity index (χ0) is 12.5. The number of nitrogens with one attached hydrogen (secondary N) is 1. The number of rotatable bonds is 2. The summed E-state index contributed by atoms with van der Waals surface area (Å²) < 4.78 is 5.37. The van der Waals surface area contributed by atoms with E-state index in [1.807, 2.05) is 24.3 Å². The molecule has 5 heteroatoms. The van der Waals surface area contributed by atoms with Gasteiger partial charge in [-0.25, -0.2) is 0 Å². The van der Waals surface area contributed by atoms with E-state index in [1.165, 1.54) is 0 Å². The summed E-state index contributed by atoms with van der Waals surface area (Å²) in [5.74, 6) is 1.62. The van der Waals surface area contributed by atoms with Gasteiger partial charge in [-0.2, -0.15) is 4.98 Å². The average molecular weight is 264 g/mol. The second-order valence-corrected chi connectivity index (χ2v) is 5.04. The first-order valence-corrected chi connectivity index (χ1v) is 6.45. The van der Waals surface area contributed by atoms with Gasteiger partial charge in [-0.1, -0.05) is 28.9 Å². The van der Waals surface area contributed by atoms with Gasteiger partial charge in [0.25, 0.3) is 0 Å². The van der Waals surface area contributed by atoms with E-state index in [0.29, 0.717) is 28.7 Å². The molecule has 1 saturated heterocycles. The molecular weight excluding hydrogens is 250 g/mol. The zero-order valence-electron chi connectivity index (χ0n) is 10.1. The van der Waals surface area contributed by atoms with Gasteiger partial charge in [-0.05, 0) is 32.0 Å². The van der Waals surface area contributed by atoms with E-state index in [2.05, 4.69) is 22.4 Å². The molecule has 94 valence electrons. The van der Waals surface area contributed by atoms with Crippen LogP contribution in [0.2, 0.25) is 5.02 Å². The Morgan fingerprint density at radius 2 is 2.33 bits per heavy atom. The fourth-order valence-corrected chi connectivity index (χ4v) is 2.52. The molecule has 3 rings (SSSR count). The quantitative estimate of drug-likeness (QED) is 0.905. The molecule has 2 atom stereocenters. The minimum Gasteiger partial charge on any atom is -0.339 e. The Hall–Kier alpha value is -1.39. The molecule has 0 bridgehead atoms. The lowest BCUT2D eigenvalue weighted by Gasteiger charge is -2.08. The van der Waals surface area contributed by atoms with Crippen LogP contribution in [0.15, 0.2) is 28.8 Å². The Balaban J connectivity index is 1.89. The maximum atomic E-state index is 5.96. The number of benzene rings is 1. The molecule has 0 radical (unpaired) electrons. The van der Waals surface area contributed by atoms with Crippen LogP contribution in [-0.4, -0.2) is 22.7 Å². The Bertz CT molecular complexity index is 555. The molecule has 1 fully saturated rings. The monoisotopic (exact) mass is 263 g/mol. The first-order chi connectivity index (χ1) is 8.74. The number of halogens is 1. The normalized spacial score (nSPS) is 23.4. The van der Waals surface area contributed by atoms with Crippen molar-refractivity contribution in [1.29, 1.82) is 0 Å². The van der Waals surface area contributed by atoms with Crippen LogP contribution >= 0.6 is 11.6 Å². The van der Waals surface area contributed by atoms with Gasteiger partial charge in [-0.15, -0.1) is 0 Å². The zero-order valence-corrected chi connectivity index (χ0v) is 10.8. The largest absolute Gasteiger partial charge is 0.339 e. The molecule has 1 aromatic carbocycles. The Morgan fingerprint density at radius 3 is 3.06 bits per heavy atom. The van der Waals surface area contributed by atoms with Crippen LogP contribution in [0, 0.1) is 0 Å². The standard InChI is InChI=1S/C13H14ClN3O/c1-8-11(5-6-15-8)13-16-12(17-18-13)9-3-2-4-10(14)7-9/h2-4,7-8,11,15H,5-6H2,1H3. The Labute approximate surface area is 110 Å². The van der Waals surface area contributed by atoms with Crippen molar-refractivity contribution in [2.24, 2.45) is 0 Å². The van der Waals surface area contributed by atoms with Crippen LogP contribution < -0.4 is 5.32 Å². The fraction of sp³-hybridized carbons (Fsp3) is 0.385. The molecule has 1 N–H and O–H groups in total. The highest BCUT2D eigenvalue weighted by Crippen LogP contribution is 2.28. The lowest BCUT2D eigenvalue weighted by Crippen LogP contribution is -2.21. The molecule has 18 heavy (non-hydrogen) atoms. The summed E-state index contributed by atoms with van der Waals surface area (Å²) in [5, 5.41) is 8.09. The molecule has 1 aromatic heterocycles. The van der Waals surface area contributed by atoms with Crippen LogP contribution in [0.5, 0.6) is 0 Å². The molecule has 0 spiro atoms. The first-order valence-electron chi connectivity index (χ1n) is 6.07. The summed E-state index contributed by atoms with van der Waals surface area (Å²) in [6, 6.07) is 7.86. The SMILES string of the molecule is CC1NCCC1c1nc(-c2cccc(Cl)c2)no1. The molecular formula is C13H14ClN3O. The van der Waals surface area contributed by atoms with Crippen molar-refractivity contribution in [3.05, 3.63) is 35.2 Å². The van der Waals surface area contributed by atoms with Gasteiger partial charge in [0.15, 0.2) is 0 Å². The molecule has 4 nitrogen and oxygen atoms in total. The Morgan fingerprint density at radius 1 is 1.44 bits per heavy atom. The predicted octanol–water partition coefficient (Wildman–Crippen LogP) is 2.86. The van der Waals surface area contributed by atoms with E-state index in [0.717, 1.165) is 18.5 Å². The van der Waals surface area contributed by atoms with E-state index in [-0.39, 0.29) is 0 Å². The highest BCUT2D eigenvalue weighted by Gasteiger charge is 2.29. The van der Waals surface area contributed by atoms with Gasteiger partial charge in [-0.3, -0.25) is 0 Å². The van der Waals surface area contributed by atoms with E-state index >= 15 is 0 Å². The van der Waals surface area contributed by atoms with Crippen molar-refractivity contribution in [1.82, 2.24) is 15.5 Å². The predicted molar refractivity (Wildman–Crippen MR) is 69.6 cm³/mol. The lowest BCUT2D eigenvalue weighted by molar-refractivity contribution is 0.345. The van der Waals surface area contributed by atoms with Gasteiger partial charge in [0.05, 0.1) is 5.92 Å². The van der Waals surface area contributed by atoms with Gasteiger partial charge in [0.2, 0.25) is 11.7 Å². The summed E-state index contributed by atoms with van der Waals surface area (Å²) >= 11 is 5.96. The topological polar surface area (TPSA) is 51.0 Å². The molecule has 1 aliphatic heterocycles. The smallest absolute Gasteiger partial charge is 0.231 e. The van der Waals surface area contributed by atoms with Crippen molar-refractivity contribution >= 4 is 11.6 Å². The van der Waals surface area contributed by atoms with Crippen LogP contribution in [0.4, 0.5) is 0 Å². The van der Waals surface area contributed by atoms with E-state index in [4.69, 9.17) is 16.1 Å². The van der Waals surface area contributed by atoms with E-state index < -0.39 is 0 Å². The second kappa shape index (κ2) is 4.71. The molecule has 0 saturated carbocycles. The van der Waals surface area contributed by atoms with Crippen molar-refractivity contribution in [3.8, 4) is 11.4 Å². The third-order valence-electron chi connectivity index (χ3n) is 3.37. The molecule has 0 amide bonds. The van der Waals surface area contributed by atoms with Gasteiger partial charge >= 0.3 is 0 Å². The van der Waals surface area contributed by atoms with Gasteiger partial charge < -0.3 is 9.84 Å². The fourth-order valence-electron chi connectivity index (χ4n) is 2.33.